The van der Waals surface area contributed by atoms with Gasteiger partial charge in [0.05, 0.1) is 0 Å². The van der Waals surface area contributed by atoms with Crippen LogP contribution in [0.4, 0.5) is 16.4 Å². The van der Waals surface area contributed by atoms with Crippen molar-refractivity contribution in [2.24, 2.45) is 0 Å². The lowest BCUT2D eigenvalue weighted by atomic mass is 10.2. The number of anilines is 2. The third-order valence-corrected chi connectivity index (χ3v) is 4.76. The third-order valence-electron chi connectivity index (χ3n) is 3.78. The van der Waals surface area contributed by atoms with Gasteiger partial charge in [0.25, 0.3) is 0 Å². The molecule has 2 aromatic rings. The second-order valence-electron chi connectivity index (χ2n) is 5.51. The van der Waals surface area contributed by atoms with Crippen molar-refractivity contribution in [2.75, 3.05) is 30.8 Å². The van der Waals surface area contributed by atoms with Crippen molar-refractivity contribution >= 4 is 40.6 Å². The number of halogens is 1. The SMILES string of the molecule is CN1CCCC1COc1cccc(NC(=O)Nc2csc(Cl)n2)n1. The Balaban J connectivity index is 1.53. The molecular weight excluding hydrogens is 350 g/mol. The van der Waals surface area contributed by atoms with Gasteiger partial charge in [0.2, 0.25) is 5.88 Å². The van der Waals surface area contributed by atoms with Gasteiger partial charge in [-0.05, 0) is 32.5 Å². The lowest BCUT2D eigenvalue weighted by Crippen LogP contribution is -2.30. The summed E-state index contributed by atoms with van der Waals surface area (Å²) in [4.78, 5) is 22.5. The zero-order chi connectivity index (χ0) is 16.9. The van der Waals surface area contributed by atoms with Gasteiger partial charge in [-0.3, -0.25) is 10.6 Å². The van der Waals surface area contributed by atoms with Gasteiger partial charge < -0.3 is 9.64 Å². The molecule has 128 valence electrons. The number of nitrogens with one attached hydrogen (secondary N) is 2. The third kappa shape index (κ3) is 4.56. The van der Waals surface area contributed by atoms with E-state index < -0.39 is 6.03 Å². The van der Waals surface area contributed by atoms with Crippen LogP contribution in [0.1, 0.15) is 12.8 Å². The van der Waals surface area contributed by atoms with Crippen LogP contribution in [0, 0.1) is 0 Å². The number of carbonyl (C=O) groups is 1. The van der Waals surface area contributed by atoms with E-state index in [1.54, 1.807) is 23.6 Å². The van der Waals surface area contributed by atoms with Gasteiger partial charge >= 0.3 is 6.03 Å². The zero-order valence-corrected chi connectivity index (χ0v) is 14.7. The fourth-order valence-corrected chi connectivity index (χ4v) is 3.21. The van der Waals surface area contributed by atoms with Crippen molar-refractivity contribution in [2.45, 2.75) is 18.9 Å². The Morgan fingerprint density at radius 1 is 1.42 bits per heavy atom. The zero-order valence-electron chi connectivity index (χ0n) is 13.2. The summed E-state index contributed by atoms with van der Waals surface area (Å²) in [6.45, 7) is 1.69. The molecule has 24 heavy (non-hydrogen) atoms. The molecule has 0 aromatic carbocycles. The fraction of sp³-hybridized carbons (Fsp3) is 0.400. The first-order chi connectivity index (χ1) is 11.6. The second-order valence-corrected chi connectivity index (χ2v) is 6.95. The number of hydrogen-bond acceptors (Lipinski definition) is 6. The predicted octanol–water partition coefficient (Wildman–Crippen LogP) is 3.31. The molecule has 3 heterocycles. The van der Waals surface area contributed by atoms with Crippen LogP contribution in [0.2, 0.25) is 4.47 Å². The summed E-state index contributed by atoms with van der Waals surface area (Å²) in [6, 6.07) is 5.24. The smallest absolute Gasteiger partial charge is 0.326 e. The molecule has 1 atom stereocenters. The van der Waals surface area contributed by atoms with Crippen LogP contribution in [0.25, 0.3) is 0 Å². The summed E-state index contributed by atoms with van der Waals surface area (Å²) < 4.78 is 6.12. The molecule has 1 unspecified atom stereocenters. The first-order valence-corrected chi connectivity index (χ1v) is 8.85. The number of urea groups is 1. The highest BCUT2D eigenvalue weighted by Gasteiger charge is 2.21. The van der Waals surface area contributed by atoms with Gasteiger partial charge in [0.1, 0.15) is 18.2 Å². The number of likely N-dealkylation sites (N-methyl/N-ethyl adjacent to an activating group) is 1. The molecule has 0 aliphatic carbocycles. The van der Waals surface area contributed by atoms with Gasteiger partial charge in [-0.2, -0.15) is 4.98 Å². The van der Waals surface area contributed by atoms with E-state index in [1.807, 2.05) is 0 Å². The van der Waals surface area contributed by atoms with Crippen LogP contribution in [0.5, 0.6) is 5.88 Å². The topological polar surface area (TPSA) is 79.4 Å². The monoisotopic (exact) mass is 367 g/mol. The quantitative estimate of drug-likeness (QED) is 0.847. The Hall–Kier alpha value is -1.90. The molecule has 2 amide bonds. The van der Waals surface area contributed by atoms with E-state index in [-0.39, 0.29) is 0 Å². The molecule has 0 bridgehead atoms. The molecule has 0 saturated carbocycles. The second kappa shape index (κ2) is 7.78. The van der Waals surface area contributed by atoms with E-state index in [0.717, 1.165) is 13.0 Å². The molecule has 2 N–H and O–H groups in total. The number of hydrogen-bond donors (Lipinski definition) is 2. The Morgan fingerprint density at radius 2 is 2.25 bits per heavy atom. The Bertz CT molecular complexity index is 711. The number of pyridine rings is 1. The van der Waals surface area contributed by atoms with E-state index in [2.05, 4.69) is 32.5 Å². The molecule has 2 aromatic heterocycles. The summed E-state index contributed by atoms with van der Waals surface area (Å²) in [5.74, 6) is 1.30. The number of carbonyl (C=O) groups excluding carboxylic acids is 1. The van der Waals surface area contributed by atoms with Crippen molar-refractivity contribution in [3.05, 3.63) is 28.0 Å². The number of rotatable bonds is 5. The highest BCUT2D eigenvalue weighted by Crippen LogP contribution is 2.19. The minimum atomic E-state index is -0.433. The molecule has 7 nitrogen and oxygen atoms in total. The molecular formula is C15H18ClN5O2S. The van der Waals surface area contributed by atoms with Gasteiger partial charge in [-0.25, -0.2) is 9.78 Å². The summed E-state index contributed by atoms with van der Waals surface area (Å²) in [5.41, 5.74) is 0. The van der Waals surface area contributed by atoms with E-state index in [4.69, 9.17) is 16.3 Å². The highest BCUT2D eigenvalue weighted by atomic mass is 35.5. The van der Waals surface area contributed by atoms with Gasteiger partial charge in [-0.1, -0.05) is 17.7 Å². The number of likely N-dealkylation sites (tertiary alicyclic amines) is 1. The molecule has 1 fully saturated rings. The lowest BCUT2D eigenvalue weighted by Gasteiger charge is -2.19. The predicted molar refractivity (Wildman–Crippen MR) is 95.1 cm³/mol. The number of aromatic nitrogens is 2. The molecule has 1 saturated heterocycles. The van der Waals surface area contributed by atoms with Crippen LogP contribution in [-0.2, 0) is 0 Å². The van der Waals surface area contributed by atoms with Crippen LogP contribution in [0.3, 0.4) is 0 Å². The number of ether oxygens (including phenoxy) is 1. The number of amides is 2. The highest BCUT2D eigenvalue weighted by molar-refractivity contribution is 7.14. The minimum absolute atomic E-state index is 0.371. The fourth-order valence-electron chi connectivity index (χ4n) is 2.51. The molecule has 1 aliphatic heterocycles. The van der Waals surface area contributed by atoms with E-state index >= 15 is 0 Å². The van der Waals surface area contributed by atoms with Gasteiger partial charge in [0.15, 0.2) is 4.47 Å². The summed E-state index contributed by atoms with van der Waals surface area (Å²) >= 11 is 6.97. The van der Waals surface area contributed by atoms with E-state index in [9.17, 15) is 4.79 Å². The molecule has 0 radical (unpaired) electrons. The normalized spacial score (nSPS) is 17.7. The van der Waals surface area contributed by atoms with Crippen molar-refractivity contribution in [1.29, 1.82) is 0 Å². The van der Waals surface area contributed by atoms with Crippen molar-refractivity contribution in [3.8, 4) is 5.88 Å². The molecule has 0 spiro atoms. The first-order valence-electron chi connectivity index (χ1n) is 7.59. The molecule has 9 heteroatoms. The van der Waals surface area contributed by atoms with Crippen LogP contribution in [0.15, 0.2) is 23.6 Å². The minimum Gasteiger partial charge on any atom is -0.476 e. The Kier molecular flexibility index (Phi) is 5.49. The summed E-state index contributed by atoms with van der Waals surface area (Å²) in [7, 11) is 2.10. The summed E-state index contributed by atoms with van der Waals surface area (Å²) in [6.07, 6.45) is 2.33. The Labute approximate surface area is 149 Å². The van der Waals surface area contributed by atoms with Crippen molar-refractivity contribution in [3.63, 3.8) is 0 Å². The van der Waals surface area contributed by atoms with Crippen LogP contribution < -0.4 is 15.4 Å². The maximum atomic E-state index is 11.9. The largest absolute Gasteiger partial charge is 0.476 e. The van der Waals surface area contributed by atoms with E-state index in [1.165, 1.54) is 17.8 Å². The van der Waals surface area contributed by atoms with Gasteiger partial charge in [0, 0.05) is 17.5 Å². The van der Waals surface area contributed by atoms with E-state index in [0.29, 0.717) is 34.6 Å². The van der Waals surface area contributed by atoms with Crippen LogP contribution >= 0.6 is 22.9 Å². The van der Waals surface area contributed by atoms with Crippen molar-refractivity contribution in [1.82, 2.24) is 14.9 Å². The maximum Gasteiger partial charge on any atom is 0.326 e. The Morgan fingerprint density at radius 3 is 2.96 bits per heavy atom. The van der Waals surface area contributed by atoms with Crippen LogP contribution in [-0.4, -0.2) is 47.1 Å². The standard InChI is InChI=1S/C15H18ClN5O2S/c1-21-7-3-4-10(21)8-23-13-6-2-5-11(17-13)19-15(22)20-12-9-24-14(16)18-12/h2,5-6,9-10H,3-4,7-8H2,1H3,(H2,17,19,20,22). The van der Waals surface area contributed by atoms with Gasteiger partial charge in [-0.15, -0.1) is 11.3 Å². The number of thiazole rings is 1. The molecule has 1 aliphatic rings. The number of nitrogens with zero attached hydrogens (tertiary/aromatic N) is 3. The average Bonchev–Trinajstić information content (AvgIpc) is 3.14. The lowest BCUT2D eigenvalue weighted by molar-refractivity contribution is 0.193. The molecule has 3 rings (SSSR count). The maximum absolute atomic E-state index is 11.9. The summed E-state index contributed by atoms with van der Waals surface area (Å²) in [5, 5.41) is 6.90. The first kappa shape index (κ1) is 16.9. The van der Waals surface area contributed by atoms with Crippen molar-refractivity contribution < 1.29 is 9.53 Å². The average molecular weight is 368 g/mol.